The molecule has 3 heterocycles. The zero-order valence-corrected chi connectivity index (χ0v) is 19.4. The summed E-state index contributed by atoms with van der Waals surface area (Å²) in [5.41, 5.74) is 2.14. The maximum Gasteiger partial charge on any atom is 0.228 e. The van der Waals surface area contributed by atoms with Crippen molar-refractivity contribution in [3.05, 3.63) is 53.5 Å². The van der Waals surface area contributed by atoms with E-state index in [2.05, 4.69) is 22.0 Å². The normalized spacial score (nSPS) is 19.2. The lowest BCUT2D eigenvalue weighted by molar-refractivity contribution is -0.140. The molecule has 1 aromatic heterocycles. The van der Waals surface area contributed by atoms with Crippen LogP contribution in [-0.2, 0) is 22.7 Å². The van der Waals surface area contributed by atoms with E-state index in [4.69, 9.17) is 4.98 Å². The monoisotopic (exact) mass is 436 g/mol. The summed E-state index contributed by atoms with van der Waals surface area (Å²) in [6.07, 6.45) is 0.466. The average Bonchev–Trinajstić information content (AvgIpc) is 3.09. The van der Waals surface area contributed by atoms with Gasteiger partial charge in [-0.2, -0.15) is 0 Å². The summed E-state index contributed by atoms with van der Waals surface area (Å²) in [6.45, 7) is 3.45. The van der Waals surface area contributed by atoms with Gasteiger partial charge in [-0.15, -0.1) is 0 Å². The zero-order valence-electron chi connectivity index (χ0n) is 19.4. The number of hydrogen-bond acceptors (Lipinski definition) is 6. The van der Waals surface area contributed by atoms with Gasteiger partial charge in [0.25, 0.3) is 0 Å². The van der Waals surface area contributed by atoms with E-state index in [0.717, 1.165) is 31.1 Å². The Morgan fingerprint density at radius 2 is 1.81 bits per heavy atom. The number of likely N-dealkylation sites (tertiary alicyclic amines) is 2. The van der Waals surface area contributed by atoms with Crippen LogP contribution in [0.4, 0.5) is 5.82 Å². The molecule has 0 N–H and O–H groups in total. The standard InChI is InChI=1S/C24H32N6O2/c1-27(2)22-11-20(18-10-23(31)28(3)13-18)25-21(26-22)16-29(4)24(32)19-14-30(15-19)12-17-8-6-5-7-9-17/h5-9,11,18-19H,10,12-16H2,1-4H3/t18-/m1/s1. The molecule has 0 saturated carbocycles. The Bertz CT molecular complexity index is 974. The van der Waals surface area contributed by atoms with Gasteiger partial charge in [-0.05, 0) is 5.56 Å². The number of hydrogen-bond donors (Lipinski definition) is 0. The maximum atomic E-state index is 13.0. The first-order chi connectivity index (χ1) is 15.3. The summed E-state index contributed by atoms with van der Waals surface area (Å²) in [7, 11) is 7.52. The Morgan fingerprint density at radius 1 is 1.09 bits per heavy atom. The molecule has 170 valence electrons. The van der Waals surface area contributed by atoms with Crippen LogP contribution in [0.3, 0.4) is 0 Å². The fourth-order valence-electron chi connectivity index (χ4n) is 4.37. The number of anilines is 1. The first-order valence-electron chi connectivity index (χ1n) is 11.1. The molecule has 0 radical (unpaired) electrons. The van der Waals surface area contributed by atoms with Crippen LogP contribution in [0.5, 0.6) is 0 Å². The second-order valence-electron chi connectivity index (χ2n) is 9.21. The summed E-state index contributed by atoms with van der Waals surface area (Å²) < 4.78 is 0. The average molecular weight is 437 g/mol. The Morgan fingerprint density at radius 3 is 2.44 bits per heavy atom. The predicted molar refractivity (Wildman–Crippen MR) is 123 cm³/mol. The van der Waals surface area contributed by atoms with Crippen LogP contribution in [0.1, 0.15) is 29.4 Å². The van der Waals surface area contributed by atoms with Crippen LogP contribution >= 0.6 is 0 Å². The van der Waals surface area contributed by atoms with Crippen molar-refractivity contribution < 1.29 is 9.59 Å². The molecule has 0 unspecified atom stereocenters. The van der Waals surface area contributed by atoms with Crippen molar-refractivity contribution in [2.24, 2.45) is 5.92 Å². The molecule has 1 aromatic carbocycles. The van der Waals surface area contributed by atoms with Crippen LogP contribution < -0.4 is 4.90 Å². The predicted octanol–water partition coefficient (Wildman–Crippen LogP) is 1.58. The van der Waals surface area contributed by atoms with Gasteiger partial charge in [-0.3, -0.25) is 14.5 Å². The second-order valence-corrected chi connectivity index (χ2v) is 9.21. The summed E-state index contributed by atoms with van der Waals surface area (Å²) >= 11 is 0. The molecule has 4 rings (SSSR count). The molecule has 0 spiro atoms. The van der Waals surface area contributed by atoms with Gasteiger partial charge < -0.3 is 14.7 Å². The molecule has 2 aliphatic rings. The van der Waals surface area contributed by atoms with Gasteiger partial charge in [-0.1, -0.05) is 30.3 Å². The van der Waals surface area contributed by atoms with Crippen molar-refractivity contribution in [3.63, 3.8) is 0 Å². The molecule has 32 heavy (non-hydrogen) atoms. The van der Waals surface area contributed by atoms with E-state index in [0.29, 0.717) is 25.3 Å². The van der Waals surface area contributed by atoms with Gasteiger partial charge in [0.05, 0.1) is 18.2 Å². The van der Waals surface area contributed by atoms with Crippen LogP contribution in [-0.4, -0.2) is 84.3 Å². The van der Waals surface area contributed by atoms with E-state index in [1.54, 1.807) is 9.80 Å². The highest BCUT2D eigenvalue weighted by atomic mass is 16.2. The Hall–Kier alpha value is -3.00. The number of benzene rings is 1. The first-order valence-corrected chi connectivity index (χ1v) is 11.1. The fraction of sp³-hybridized carbons (Fsp3) is 0.500. The summed E-state index contributed by atoms with van der Waals surface area (Å²) in [6, 6.07) is 12.3. The molecular weight excluding hydrogens is 404 g/mol. The number of likely N-dealkylation sites (N-methyl/N-ethyl adjacent to an activating group) is 1. The van der Waals surface area contributed by atoms with E-state index in [1.165, 1.54) is 5.56 Å². The SMILES string of the molecule is CN1C[C@H](c2cc(N(C)C)nc(CN(C)C(=O)C3CN(Cc4ccccc4)C3)n2)CC1=O. The van der Waals surface area contributed by atoms with Crippen molar-refractivity contribution in [2.45, 2.75) is 25.4 Å². The third-order valence-electron chi connectivity index (χ3n) is 6.31. The smallest absolute Gasteiger partial charge is 0.228 e. The molecule has 2 fully saturated rings. The Balaban J connectivity index is 1.38. The highest BCUT2D eigenvalue weighted by molar-refractivity contribution is 5.80. The molecule has 2 aromatic rings. The fourth-order valence-corrected chi connectivity index (χ4v) is 4.37. The van der Waals surface area contributed by atoms with Gasteiger partial charge in [0, 0.05) is 72.8 Å². The largest absolute Gasteiger partial charge is 0.363 e. The molecule has 2 amide bonds. The van der Waals surface area contributed by atoms with Crippen LogP contribution in [0.25, 0.3) is 0 Å². The lowest BCUT2D eigenvalue weighted by atomic mass is 9.97. The van der Waals surface area contributed by atoms with Crippen molar-refractivity contribution in [1.29, 1.82) is 0 Å². The van der Waals surface area contributed by atoms with Gasteiger partial charge >= 0.3 is 0 Å². The minimum atomic E-state index is 0.0151. The molecule has 0 bridgehead atoms. The minimum absolute atomic E-state index is 0.0151. The van der Waals surface area contributed by atoms with Crippen molar-refractivity contribution >= 4 is 17.6 Å². The van der Waals surface area contributed by atoms with E-state index >= 15 is 0 Å². The number of rotatable bonds is 7. The molecular formula is C24H32N6O2. The quantitative estimate of drug-likeness (QED) is 0.656. The third-order valence-corrected chi connectivity index (χ3v) is 6.31. The number of carbonyl (C=O) groups is 2. The molecule has 8 heteroatoms. The van der Waals surface area contributed by atoms with Crippen LogP contribution in [0.2, 0.25) is 0 Å². The van der Waals surface area contributed by atoms with Crippen LogP contribution in [0.15, 0.2) is 36.4 Å². The third kappa shape index (κ3) is 4.91. The van der Waals surface area contributed by atoms with E-state index < -0.39 is 0 Å². The zero-order chi connectivity index (χ0) is 22.8. The molecule has 1 atom stereocenters. The van der Waals surface area contributed by atoms with Crippen molar-refractivity contribution in [3.8, 4) is 0 Å². The number of carbonyl (C=O) groups excluding carboxylic acids is 2. The van der Waals surface area contributed by atoms with E-state index in [9.17, 15) is 9.59 Å². The Kier molecular flexibility index (Phi) is 6.41. The highest BCUT2D eigenvalue weighted by Gasteiger charge is 2.35. The lowest BCUT2D eigenvalue weighted by Gasteiger charge is -2.39. The summed E-state index contributed by atoms with van der Waals surface area (Å²) in [5.74, 6) is 1.76. The second kappa shape index (κ2) is 9.24. The topological polar surface area (TPSA) is 72.9 Å². The summed E-state index contributed by atoms with van der Waals surface area (Å²) in [4.78, 5) is 42.1. The van der Waals surface area contributed by atoms with E-state index in [-0.39, 0.29) is 23.7 Å². The molecule has 2 saturated heterocycles. The number of aromatic nitrogens is 2. The van der Waals surface area contributed by atoms with Crippen molar-refractivity contribution in [1.82, 2.24) is 24.7 Å². The van der Waals surface area contributed by atoms with Gasteiger partial charge in [0.15, 0.2) is 0 Å². The van der Waals surface area contributed by atoms with E-state index in [1.807, 2.05) is 57.4 Å². The van der Waals surface area contributed by atoms with Crippen molar-refractivity contribution in [2.75, 3.05) is 52.7 Å². The molecule has 0 aliphatic carbocycles. The molecule has 2 aliphatic heterocycles. The maximum absolute atomic E-state index is 13.0. The lowest BCUT2D eigenvalue weighted by Crippen LogP contribution is -2.53. The first kappa shape index (κ1) is 22.2. The van der Waals surface area contributed by atoms with Gasteiger partial charge in [-0.25, -0.2) is 9.97 Å². The van der Waals surface area contributed by atoms with Crippen LogP contribution in [0, 0.1) is 5.92 Å². The van der Waals surface area contributed by atoms with Gasteiger partial charge in [0.2, 0.25) is 11.8 Å². The highest BCUT2D eigenvalue weighted by Crippen LogP contribution is 2.28. The molecule has 8 nitrogen and oxygen atoms in total. The van der Waals surface area contributed by atoms with Gasteiger partial charge in [0.1, 0.15) is 11.6 Å². The number of amides is 2. The number of nitrogens with zero attached hydrogens (tertiary/aromatic N) is 6. The Labute approximate surface area is 189 Å². The minimum Gasteiger partial charge on any atom is -0.363 e. The summed E-state index contributed by atoms with van der Waals surface area (Å²) in [5, 5.41) is 0.